The average molecular weight is 236 g/mol. The van der Waals surface area contributed by atoms with E-state index in [0.29, 0.717) is 0 Å². The first-order chi connectivity index (χ1) is 7.75. The number of thioether (sulfide) groups is 1. The Kier molecular flexibility index (Phi) is 3.99. The summed E-state index contributed by atoms with van der Waals surface area (Å²) >= 11 is 2.08. The van der Waals surface area contributed by atoms with Crippen molar-refractivity contribution in [3.05, 3.63) is 24.3 Å². The molecule has 1 atom stereocenters. The summed E-state index contributed by atoms with van der Waals surface area (Å²) in [4.78, 5) is 2.12. The van der Waals surface area contributed by atoms with Gasteiger partial charge in [0, 0.05) is 32.0 Å². The molecule has 0 aromatic heterocycles. The molecule has 1 aliphatic rings. The summed E-state index contributed by atoms with van der Waals surface area (Å²) in [6.45, 7) is 1.12. The molecular weight excluding hydrogens is 216 g/mol. The molecular formula is C13H20N2S. The van der Waals surface area contributed by atoms with Crippen LogP contribution in [0.5, 0.6) is 0 Å². The summed E-state index contributed by atoms with van der Waals surface area (Å²) in [7, 11) is 4.14. The van der Waals surface area contributed by atoms with Crippen LogP contribution in [-0.4, -0.2) is 32.1 Å². The minimum Gasteiger partial charge on any atom is -0.385 e. The number of nitrogens with one attached hydrogen (secondary N) is 1. The fourth-order valence-electron chi connectivity index (χ4n) is 1.88. The molecule has 2 nitrogen and oxygen atoms in total. The Morgan fingerprint density at radius 1 is 1.31 bits per heavy atom. The van der Waals surface area contributed by atoms with Crippen molar-refractivity contribution in [1.29, 1.82) is 0 Å². The van der Waals surface area contributed by atoms with Gasteiger partial charge in [-0.25, -0.2) is 0 Å². The Labute approximate surface area is 102 Å². The van der Waals surface area contributed by atoms with E-state index in [-0.39, 0.29) is 0 Å². The lowest BCUT2D eigenvalue weighted by atomic mass is 10.1. The molecule has 1 fully saturated rings. The van der Waals surface area contributed by atoms with Crippen molar-refractivity contribution >= 4 is 23.1 Å². The van der Waals surface area contributed by atoms with Crippen LogP contribution >= 0.6 is 11.8 Å². The second kappa shape index (κ2) is 5.48. The Morgan fingerprint density at radius 3 is 2.62 bits per heavy atom. The summed E-state index contributed by atoms with van der Waals surface area (Å²) < 4.78 is 0. The van der Waals surface area contributed by atoms with E-state index >= 15 is 0 Å². The molecule has 1 aromatic carbocycles. The van der Waals surface area contributed by atoms with Crippen molar-refractivity contribution in [3.8, 4) is 0 Å². The van der Waals surface area contributed by atoms with E-state index in [1.807, 2.05) is 0 Å². The maximum atomic E-state index is 3.52. The highest BCUT2D eigenvalue weighted by Gasteiger charge is 2.14. The normalized spacial score (nSPS) is 19.8. The van der Waals surface area contributed by atoms with Crippen LogP contribution in [0.15, 0.2) is 24.3 Å². The van der Waals surface area contributed by atoms with Crippen LogP contribution in [0.25, 0.3) is 0 Å². The number of benzene rings is 1. The third-order valence-corrected chi connectivity index (χ3v) is 4.23. The first kappa shape index (κ1) is 11.6. The molecule has 16 heavy (non-hydrogen) atoms. The summed E-state index contributed by atoms with van der Waals surface area (Å²) in [6, 6.07) is 8.65. The predicted octanol–water partition coefficient (Wildman–Crippen LogP) is 2.92. The predicted molar refractivity (Wildman–Crippen MR) is 74.7 cm³/mol. The largest absolute Gasteiger partial charge is 0.385 e. The van der Waals surface area contributed by atoms with Crippen LogP contribution in [0.3, 0.4) is 0 Å². The molecule has 0 radical (unpaired) electrons. The molecule has 0 bridgehead atoms. The molecule has 0 aliphatic carbocycles. The van der Waals surface area contributed by atoms with Gasteiger partial charge < -0.3 is 10.2 Å². The lowest BCUT2D eigenvalue weighted by Gasteiger charge is -2.14. The van der Waals surface area contributed by atoms with E-state index in [1.165, 1.54) is 29.3 Å². The van der Waals surface area contributed by atoms with Gasteiger partial charge in [-0.1, -0.05) is 0 Å². The standard InChI is InChI=1S/C13H20N2S/c1-15(2)13-5-3-12(4-6-13)14-9-11-7-8-16-10-11/h3-6,11,14H,7-10H2,1-2H3. The van der Waals surface area contributed by atoms with Gasteiger partial charge in [-0.2, -0.15) is 11.8 Å². The monoisotopic (exact) mass is 236 g/mol. The summed E-state index contributed by atoms with van der Waals surface area (Å²) in [5, 5.41) is 3.52. The molecule has 0 saturated carbocycles. The second-order valence-corrected chi connectivity index (χ2v) is 5.70. The van der Waals surface area contributed by atoms with Crippen LogP contribution in [0.2, 0.25) is 0 Å². The van der Waals surface area contributed by atoms with E-state index in [9.17, 15) is 0 Å². The molecule has 88 valence electrons. The Morgan fingerprint density at radius 2 is 2.06 bits per heavy atom. The first-order valence-electron chi connectivity index (χ1n) is 5.85. The van der Waals surface area contributed by atoms with E-state index in [2.05, 4.69) is 60.3 Å². The van der Waals surface area contributed by atoms with Gasteiger partial charge in [0.2, 0.25) is 0 Å². The summed E-state index contributed by atoms with van der Waals surface area (Å²) in [6.07, 6.45) is 1.37. The molecule has 1 saturated heterocycles. The average Bonchev–Trinajstić information content (AvgIpc) is 2.80. The van der Waals surface area contributed by atoms with Crippen molar-refractivity contribution in [1.82, 2.24) is 0 Å². The van der Waals surface area contributed by atoms with Crippen molar-refractivity contribution in [2.45, 2.75) is 6.42 Å². The Balaban J connectivity index is 1.84. The molecule has 1 aromatic rings. The smallest absolute Gasteiger partial charge is 0.0362 e. The third kappa shape index (κ3) is 3.08. The zero-order valence-electron chi connectivity index (χ0n) is 10.1. The number of anilines is 2. The van der Waals surface area contributed by atoms with Crippen LogP contribution in [0.4, 0.5) is 11.4 Å². The Hall–Kier alpha value is -0.830. The molecule has 1 aliphatic heterocycles. The highest BCUT2D eigenvalue weighted by Crippen LogP contribution is 2.24. The summed E-state index contributed by atoms with van der Waals surface area (Å²) in [5.41, 5.74) is 2.49. The number of hydrogen-bond donors (Lipinski definition) is 1. The van der Waals surface area contributed by atoms with Crippen LogP contribution < -0.4 is 10.2 Å². The van der Waals surface area contributed by atoms with Gasteiger partial charge in [0.15, 0.2) is 0 Å². The van der Waals surface area contributed by atoms with E-state index < -0.39 is 0 Å². The molecule has 1 unspecified atom stereocenters. The van der Waals surface area contributed by atoms with Crippen molar-refractivity contribution in [3.63, 3.8) is 0 Å². The molecule has 0 spiro atoms. The highest BCUT2D eigenvalue weighted by molar-refractivity contribution is 7.99. The Bertz CT molecular complexity index is 315. The van der Waals surface area contributed by atoms with Crippen molar-refractivity contribution < 1.29 is 0 Å². The van der Waals surface area contributed by atoms with Gasteiger partial charge in [-0.05, 0) is 48.1 Å². The summed E-state index contributed by atoms with van der Waals surface area (Å²) in [5.74, 6) is 3.52. The highest BCUT2D eigenvalue weighted by atomic mass is 32.2. The van der Waals surface area contributed by atoms with Crippen LogP contribution in [0, 0.1) is 5.92 Å². The fourth-order valence-corrected chi connectivity index (χ4v) is 3.17. The number of rotatable bonds is 4. The molecule has 3 heteroatoms. The third-order valence-electron chi connectivity index (χ3n) is 3.00. The van der Waals surface area contributed by atoms with Gasteiger partial charge in [-0.15, -0.1) is 0 Å². The maximum absolute atomic E-state index is 3.52. The zero-order valence-corrected chi connectivity index (χ0v) is 10.9. The quantitative estimate of drug-likeness (QED) is 0.865. The molecule has 0 amide bonds. The van der Waals surface area contributed by atoms with Gasteiger partial charge in [0.05, 0.1) is 0 Å². The fraction of sp³-hybridized carbons (Fsp3) is 0.538. The number of hydrogen-bond acceptors (Lipinski definition) is 3. The molecule has 2 rings (SSSR count). The SMILES string of the molecule is CN(C)c1ccc(NCC2CCSC2)cc1. The second-order valence-electron chi connectivity index (χ2n) is 4.55. The topological polar surface area (TPSA) is 15.3 Å². The van der Waals surface area contributed by atoms with E-state index in [4.69, 9.17) is 0 Å². The number of nitrogens with zero attached hydrogens (tertiary/aromatic N) is 1. The minimum absolute atomic E-state index is 0.860. The van der Waals surface area contributed by atoms with Crippen LogP contribution in [0.1, 0.15) is 6.42 Å². The van der Waals surface area contributed by atoms with Crippen molar-refractivity contribution in [2.75, 3.05) is 42.4 Å². The minimum atomic E-state index is 0.860. The zero-order chi connectivity index (χ0) is 11.4. The van der Waals surface area contributed by atoms with E-state index in [0.717, 1.165) is 12.5 Å². The lowest BCUT2D eigenvalue weighted by molar-refractivity contribution is 0.632. The van der Waals surface area contributed by atoms with Gasteiger partial charge >= 0.3 is 0 Å². The maximum Gasteiger partial charge on any atom is 0.0362 e. The first-order valence-corrected chi connectivity index (χ1v) is 7.00. The van der Waals surface area contributed by atoms with Crippen molar-refractivity contribution in [2.24, 2.45) is 5.92 Å². The molecule has 1 N–H and O–H groups in total. The van der Waals surface area contributed by atoms with Gasteiger partial charge in [0.25, 0.3) is 0 Å². The van der Waals surface area contributed by atoms with Crippen LogP contribution in [-0.2, 0) is 0 Å². The lowest BCUT2D eigenvalue weighted by Crippen LogP contribution is -2.13. The molecule has 1 heterocycles. The van der Waals surface area contributed by atoms with Gasteiger partial charge in [0.1, 0.15) is 0 Å². The van der Waals surface area contributed by atoms with Gasteiger partial charge in [-0.3, -0.25) is 0 Å². The van der Waals surface area contributed by atoms with E-state index in [1.54, 1.807) is 0 Å².